The molecule has 0 saturated heterocycles. The van der Waals surface area contributed by atoms with E-state index in [0.29, 0.717) is 17.7 Å². The van der Waals surface area contributed by atoms with Crippen molar-refractivity contribution < 1.29 is 9.13 Å². The molecule has 1 aromatic heterocycles. The van der Waals surface area contributed by atoms with Gasteiger partial charge in [0.25, 0.3) is 0 Å². The van der Waals surface area contributed by atoms with Crippen LogP contribution in [-0.2, 0) is 6.42 Å². The summed E-state index contributed by atoms with van der Waals surface area (Å²) in [6.45, 7) is 0.302. The van der Waals surface area contributed by atoms with E-state index in [1.54, 1.807) is 0 Å². The summed E-state index contributed by atoms with van der Waals surface area (Å²) in [5.41, 5.74) is 6.77. The van der Waals surface area contributed by atoms with Crippen molar-refractivity contribution in [3.05, 3.63) is 42.0 Å². The highest BCUT2D eigenvalue weighted by Gasteiger charge is 2.17. The Morgan fingerprint density at radius 2 is 2.04 bits per heavy atom. The van der Waals surface area contributed by atoms with Gasteiger partial charge < -0.3 is 10.5 Å². The molecule has 0 atom stereocenters. The molecule has 3 N–H and O–H groups in total. The van der Waals surface area contributed by atoms with Gasteiger partial charge in [-0.05, 0) is 30.2 Å². The molecule has 0 amide bonds. The molecule has 0 unspecified atom stereocenters. The predicted octanol–water partition coefficient (Wildman–Crippen LogP) is 3.40. The van der Waals surface area contributed by atoms with E-state index in [0.717, 1.165) is 29.6 Å². The average Bonchev–Trinajstić information content (AvgIpc) is 3.29. The predicted molar refractivity (Wildman–Crippen MR) is 91.2 cm³/mol. The molecule has 24 heavy (non-hydrogen) atoms. The summed E-state index contributed by atoms with van der Waals surface area (Å²) in [5.74, 6) is 3.04. The van der Waals surface area contributed by atoms with E-state index in [2.05, 4.69) is 15.2 Å². The molecule has 1 aromatic carbocycles. The van der Waals surface area contributed by atoms with Crippen LogP contribution in [0.3, 0.4) is 0 Å². The van der Waals surface area contributed by atoms with Crippen LogP contribution < -0.4 is 10.5 Å². The molecular weight excluding hydrogens is 307 g/mol. The van der Waals surface area contributed by atoms with Crippen LogP contribution in [0.2, 0.25) is 0 Å². The smallest absolute Gasteiger partial charge is 0.155 e. The van der Waals surface area contributed by atoms with Crippen molar-refractivity contribution in [3.8, 4) is 17.1 Å². The molecule has 1 fully saturated rings. The third-order valence-corrected chi connectivity index (χ3v) is 4.45. The molecule has 3 rings (SSSR count). The summed E-state index contributed by atoms with van der Waals surface area (Å²) in [4.78, 5) is 4.59. The normalized spacial score (nSPS) is 15.8. The molecule has 0 bridgehead atoms. The minimum atomic E-state index is 0.149. The van der Waals surface area contributed by atoms with Gasteiger partial charge in [0.05, 0.1) is 6.33 Å². The van der Waals surface area contributed by atoms with Gasteiger partial charge in [-0.25, -0.2) is 9.37 Å². The van der Waals surface area contributed by atoms with Gasteiger partial charge in [-0.1, -0.05) is 25.7 Å². The number of benzene rings is 1. The Hall–Kier alpha value is -2.21. The summed E-state index contributed by atoms with van der Waals surface area (Å²) in [7, 11) is 0. The lowest BCUT2D eigenvalue weighted by molar-refractivity contribution is 0.347. The van der Waals surface area contributed by atoms with Crippen LogP contribution in [0.4, 0.5) is 4.39 Å². The first-order valence-corrected chi connectivity index (χ1v) is 8.41. The largest absolute Gasteiger partial charge is 0.489 e. The number of aromatic amines is 1. The van der Waals surface area contributed by atoms with Crippen LogP contribution in [-0.4, -0.2) is 28.3 Å². The van der Waals surface area contributed by atoms with Gasteiger partial charge in [-0.3, -0.25) is 5.10 Å². The van der Waals surface area contributed by atoms with E-state index in [1.165, 1.54) is 25.7 Å². The SMILES string of the molecule is NC/C(=C\F)COc1ccc(-c2nc(CC3CCCC3)n[nH]2)cc1. The summed E-state index contributed by atoms with van der Waals surface area (Å²) >= 11 is 0. The Bertz CT molecular complexity index is 675. The number of hydrogen-bond acceptors (Lipinski definition) is 4. The molecule has 2 aromatic rings. The minimum Gasteiger partial charge on any atom is -0.489 e. The zero-order valence-electron chi connectivity index (χ0n) is 13.7. The van der Waals surface area contributed by atoms with Crippen molar-refractivity contribution >= 4 is 0 Å². The Labute approximate surface area is 141 Å². The molecule has 0 radical (unpaired) electrons. The lowest BCUT2D eigenvalue weighted by atomic mass is 10.0. The molecule has 1 aliphatic carbocycles. The van der Waals surface area contributed by atoms with Crippen LogP contribution in [0.25, 0.3) is 11.4 Å². The van der Waals surface area contributed by atoms with E-state index in [-0.39, 0.29) is 13.2 Å². The molecule has 0 aliphatic heterocycles. The Morgan fingerprint density at radius 3 is 2.71 bits per heavy atom. The monoisotopic (exact) mass is 330 g/mol. The molecule has 128 valence electrons. The maximum absolute atomic E-state index is 12.5. The van der Waals surface area contributed by atoms with Gasteiger partial charge in [0.2, 0.25) is 0 Å². The standard InChI is InChI=1S/C18H23FN4O/c19-10-14(11-20)12-24-16-7-5-15(6-8-16)18-21-17(22-23-18)9-13-3-1-2-4-13/h5-8,10,13H,1-4,9,11-12,20H2,(H,21,22,23)/b14-10+. The number of nitrogens with one attached hydrogen (secondary N) is 1. The third kappa shape index (κ3) is 4.20. The lowest BCUT2D eigenvalue weighted by Crippen LogP contribution is -2.10. The maximum Gasteiger partial charge on any atom is 0.155 e. The van der Waals surface area contributed by atoms with E-state index in [9.17, 15) is 4.39 Å². The molecule has 1 aliphatic rings. The second-order valence-corrected chi connectivity index (χ2v) is 6.24. The fraction of sp³-hybridized carbons (Fsp3) is 0.444. The topological polar surface area (TPSA) is 76.8 Å². The second kappa shape index (κ2) is 8.06. The molecule has 1 heterocycles. The first kappa shape index (κ1) is 16.6. The van der Waals surface area contributed by atoms with Gasteiger partial charge in [0.1, 0.15) is 12.4 Å². The number of nitrogens with zero attached hydrogens (tertiary/aromatic N) is 2. The first-order chi connectivity index (χ1) is 11.8. The van der Waals surface area contributed by atoms with Crippen molar-refractivity contribution in [3.63, 3.8) is 0 Å². The summed E-state index contributed by atoms with van der Waals surface area (Å²) in [6.07, 6.45) is 6.67. The number of aromatic nitrogens is 3. The third-order valence-electron chi connectivity index (χ3n) is 4.45. The van der Waals surface area contributed by atoms with Gasteiger partial charge in [0.15, 0.2) is 11.6 Å². The van der Waals surface area contributed by atoms with Crippen molar-refractivity contribution in [2.75, 3.05) is 13.2 Å². The Balaban J connectivity index is 1.60. The second-order valence-electron chi connectivity index (χ2n) is 6.24. The molecule has 5 nitrogen and oxygen atoms in total. The highest BCUT2D eigenvalue weighted by molar-refractivity contribution is 5.55. The Morgan fingerprint density at radius 1 is 1.29 bits per heavy atom. The average molecular weight is 330 g/mol. The van der Waals surface area contributed by atoms with Crippen molar-refractivity contribution in [2.24, 2.45) is 11.7 Å². The maximum atomic E-state index is 12.5. The van der Waals surface area contributed by atoms with E-state index in [4.69, 9.17) is 10.5 Å². The van der Waals surface area contributed by atoms with Gasteiger partial charge in [-0.2, -0.15) is 5.10 Å². The number of halogens is 1. The highest BCUT2D eigenvalue weighted by Crippen LogP contribution is 2.27. The van der Waals surface area contributed by atoms with E-state index in [1.807, 2.05) is 24.3 Å². The zero-order valence-corrected chi connectivity index (χ0v) is 13.7. The van der Waals surface area contributed by atoms with Gasteiger partial charge >= 0.3 is 0 Å². The van der Waals surface area contributed by atoms with E-state index < -0.39 is 0 Å². The van der Waals surface area contributed by atoms with Crippen LogP contribution >= 0.6 is 0 Å². The fourth-order valence-electron chi connectivity index (χ4n) is 3.01. The fourth-order valence-corrected chi connectivity index (χ4v) is 3.01. The molecular formula is C18H23FN4O. The minimum absolute atomic E-state index is 0.149. The van der Waals surface area contributed by atoms with Crippen molar-refractivity contribution in [2.45, 2.75) is 32.1 Å². The quantitative estimate of drug-likeness (QED) is 0.816. The summed E-state index contributed by atoms with van der Waals surface area (Å²) in [5, 5.41) is 7.34. The number of nitrogens with two attached hydrogens (primary N) is 1. The number of rotatable bonds is 7. The summed E-state index contributed by atoms with van der Waals surface area (Å²) < 4.78 is 18.0. The number of H-pyrrole nitrogens is 1. The summed E-state index contributed by atoms with van der Waals surface area (Å²) in [6, 6.07) is 7.49. The van der Waals surface area contributed by atoms with Gasteiger partial charge in [-0.15, -0.1) is 0 Å². The lowest BCUT2D eigenvalue weighted by Gasteiger charge is -2.07. The first-order valence-electron chi connectivity index (χ1n) is 8.41. The Kier molecular flexibility index (Phi) is 5.59. The van der Waals surface area contributed by atoms with Crippen LogP contribution in [0.15, 0.2) is 36.2 Å². The van der Waals surface area contributed by atoms with Crippen molar-refractivity contribution in [1.82, 2.24) is 15.2 Å². The van der Waals surface area contributed by atoms with Crippen LogP contribution in [0, 0.1) is 5.92 Å². The van der Waals surface area contributed by atoms with Crippen LogP contribution in [0.1, 0.15) is 31.5 Å². The van der Waals surface area contributed by atoms with E-state index >= 15 is 0 Å². The zero-order chi connectivity index (χ0) is 16.8. The molecule has 6 heteroatoms. The number of ether oxygens (including phenoxy) is 1. The van der Waals surface area contributed by atoms with Gasteiger partial charge in [0, 0.05) is 24.1 Å². The van der Waals surface area contributed by atoms with Crippen LogP contribution in [0.5, 0.6) is 5.75 Å². The molecule has 0 spiro atoms. The highest BCUT2D eigenvalue weighted by atomic mass is 19.1. The number of hydrogen-bond donors (Lipinski definition) is 2. The van der Waals surface area contributed by atoms with Crippen molar-refractivity contribution in [1.29, 1.82) is 0 Å². The molecule has 1 saturated carbocycles.